The van der Waals surface area contributed by atoms with E-state index in [1.807, 2.05) is 24.3 Å². The van der Waals surface area contributed by atoms with Crippen LogP contribution in [-0.4, -0.2) is 24.3 Å². The third-order valence-electron chi connectivity index (χ3n) is 3.10. The molecule has 0 spiro atoms. The molecular weight excluding hydrogens is 208 g/mol. The van der Waals surface area contributed by atoms with Crippen molar-refractivity contribution in [1.29, 1.82) is 0 Å². The van der Waals surface area contributed by atoms with Gasteiger partial charge in [0.05, 0.1) is 19.5 Å². The van der Waals surface area contributed by atoms with E-state index in [9.17, 15) is 9.90 Å². The van der Waals surface area contributed by atoms with Crippen molar-refractivity contribution in [3.05, 3.63) is 36.1 Å². The number of hydrogen-bond acceptors (Lipinski definition) is 3. The minimum Gasteiger partial charge on any atom is -0.480 e. The summed E-state index contributed by atoms with van der Waals surface area (Å²) < 4.78 is 10.4. The van der Waals surface area contributed by atoms with Crippen molar-refractivity contribution in [2.45, 2.75) is 5.41 Å². The van der Waals surface area contributed by atoms with Crippen molar-refractivity contribution in [2.75, 3.05) is 13.2 Å². The van der Waals surface area contributed by atoms with Crippen molar-refractivity contribution >= 4 is 16.9 Å². The molecule has 4 heteroatoms. The molecule has 0 saturated carbocycles. The summed E-state index contributed by atoms with van der Waals surface area (Å²) in [6.07, 6.45) is 1.53. The zero-order valence-corrected chi connectivity index (χ0v) is 8.47. The van der Waals surface area contributed by atoms with Crippen LogP contribution in [0.25, 0.3) is 11.0 Å². The van der Waals surface area contributed by atoms with E-state index in [1.165, 1.54) is 6.26 Å². The first-order chi connectivity index (χ1) is 7.74. The Balaban J connectivity index is 2.22. The van der Waals surface area contributed by atoms with Crippen LogP contribution in [-0.2, 0) is 14.9 Å². The largest absolute Gasteiger partial charge is 0.480 e. The van der Waals surface area contributed by atoms with Crippen LogP contribution >= 0.6 is 0 Å². The van der Waals surface area contributed by atoms with Crippen LogP contribution in [0.5, 0.6) is 0 Å². The Morgan fingerprint density at radius 3 is 2.69 bits per heavy atom. The molecule has 1 N–H and O–H groups in total. The van der Waals surface area contributed by atoms with E-state index in [0.29, 0.717) is 11.1 Å². The van der Waals surface area contributed by atoms with E-state index in [0.717, 1.165) is 5.39 Å². The van der Waals surface area contributed by atoms with Crippen molar-refractivity contribution < 1.29 is 19.1 Å². The summed E-state index contributed by atoms with van der Waals surface area (Å²) >= 11 is 0. The summed E-state index contributed by atoms with van der Waals surface area (Å²) in [5, 5.41) is 10.1. The maximum atomic E-state index is 11.3. The molecule has 2 heterocycles. The van der Waals surface area contributed by atoms with Gasteiger partial charge in [-0.2, -0.15) is 0 Å². The van der Waals surface area contributed by atoms with Gasteiger partial charge in [0.15, 0.2) is 0 Å². The second-order valence-electron chi connectivity index (χ2n) is 4.03. The molecule has 0 unspecified atom stereocenters. The van der Waals surface area contributed by atoms with Crippen LogP contribution in [0.1, 0.15) is 5.56 Å². The fourth-order valence-electron chi connectivity index (χ4n) is 2.05. The number of hydrogen-bond donors (Lipinski definition) is 1. The fraction of sp³-hybridized carbons (Fsp3) is 0.250. The standard InChI is InChI=1S/C12H10O4/c13-11(14)12(6-15-7-12)9-5-16-10-4-2-1-3-8(9)10/h1-5H,6-7H2,(H,13,14). The Hall–Kier alpha value is -1.81. The summed E-state index contributed by atoms with van der Waals surface area (Å²) in [5.74, 6) is -0.856. The van der Waals surface area contributed by atoms with Crippen LogP contribution in [0.15, 0.2) is 34.9 Å². The Morgan fingerprint density at radius 2 is 2.06 bits per heavy atom. The lowest BCUT2D eigenvalue weighted by Gasteiger charge is -2.36. The van der Waals surface area contributed by atoms with E-state index in [4.69, 9.17) is 9.15 Å². The monoisotopic (exact) mass is 218 g/mol. The van der Waals surface area contributed by atoms with Crippen molar-refractivity contribution in [2.24, 2.45) is 0 Å². The second kappa shape index (κ2) is 3.09. The van der Waals surface area contributed by atoms with Gasteiger partial charge in [-0.3, -0.25) is 4.79 Å². The third kappa shape index (κ3) is 1.05. The number of carbonyl (C=O) groups is 1. The highest BCUT2D eigenvalue weighted by atomic mass is 16.5. The molecular formula is C12H10O4. The Kier molecular flexibility index (Phi) is 1.82. The van der Waals surface area contributed by atoms with Gasteiger partial charge in [-0.15, -0.1) is 0 Å². The van der Waals surface area contributed by atoms with Gasteiger partial charge < -0.3 is 14.3 Å². The van der Waals surface area contributed by atoms with Crippen LogP contribution in [0.2, 0.25) is 0 Å². The normalized spacial score (nSPS) is 18.2. The molecule has 1 aromatic heterocycles. The van der Waals surface area contributed by atoms with Gasteiger partial charge in [-0.1, -0.05) is 18.2 Å². The molecule has 3 rings (SSSR count). The van der Waals surface area contributed by atoms with Crippen LogP contribution in [0, 0.1) is 0 Å². The number of carboxylic acids is 1. The van der Waals surface area contributed by atoms with E-state index in [1.54, 1.807) is 0 Å². The highest BCUT2D eigenvalue weighted by Crippen LogP contribution is 2.38. The molecule has 0 aliphatic carbocycles. The molecule has 0 bridgehead atoms. The number of carboxylic acid groups (broad SMARTS) is 1. The van der Waals surface area contributed by atoms with E-state index < -0.39 is 11.4 Å². The van der Waals surface area contributed by atoms with Gasteiger partial charge in [-0.25, -0.2) is 0 Å². The SMILES string of the molecule is O=C(O)C1(c2coc3ccccc23)COC1. The van der Waals surface area contributed by atoms with Gasteiger partial charge >= 0.3 is 5.97 Å². The van der Waals surface area contributed by atoms with E-state index >= 15 is 0 Å². The molecule has 0 atom stereocenters. The molecule has 1 aromatic carbocycles. The van der Waals surface area contributed by atoms with Crippen LogP contribution in [0.4, 0.5) is 0 Å². The minimum absolute atomic E-state index is 0.214. The number of fused-ring (bicyclic) bond motifs is 1. The maximum absolute atomic E-state index is 11.3. The number of ether oxygens (including phenoxy) is 1. The lowest BCUT2D eigenvalue weighted by atomic mass is 9.78. The summed E-state index contributed by atoms with van der Waals surface area (Å²) in [7, 11) is 0. The molecule has 1 fully saturated rings. The van der Waals surface area contributed by atoms with Crippen molar-refractivity contribution in [1.82, 2.24) is 0 Å². The van der Waals surface area contributed by atoms with Gasteiger partial charge in [0.2, 0.25) is 0 Å². The lowest BCUT2D eigenvalue weighted by molar-refractivity contribution is -0.162. The van der Waals surface area contributed by atoms with Crippen LogP contribution in [0.3, 0.4) is 0 Å². The minimum atomic E-state index is -0.924. The van der Waals surface area contributed by atoms with Gasteiger partial charge in [0.25, 0.3) is 0 Å². The number of furan rings is 1. The number of aliphatic carboxylic acids is 1. The molecule has 1 saturated heterocycles. The first kappa shape index (κ1) is 9.42. The molecule has 1 aliphatic rings. The number of benzene rings is 1. The quantitative estimate of drug-likeness (QED) is 0.834. The van der Waals surface area contributed by atoms with E-state index in [2.05, 4.69) is 0 Å². The molecule has 0 amide bonds. The molecule has 16 heavy (non-hydrogen) atoms. The second-order valence-corrected chi connectivity index (χ2v) is 4.03. The van der Waals surface area contributed by atoms with Gasteiger partial charge in [-0.05, 0) is 6.07 Å². The van der Waals surface area contributed by atoms with Crippen molar-refractivity contribution in [3.8, 4) is 0 Å². The first-order valence-electron chi connectivity index (χ1n) is 5.02. The number of rotatable bonds is 2. The predicted octanol–water partition coefficient (Wildman–Crippen LogP) is 1.79. The summed E-state index contributed by atoms with van der Waals surface area (Å²) in [6, 6.07) is 7.43. The average Bonchev–Trinajstić information content (AvgIpc) is 2.61. The van der Waals surface area contributed by atoms with Gasteiger partial charge in [0.1, 0.15) is 11.0 Å². The molecule has 1 aliphatic heterocycles. The Bertz CT molecular complexity index is 551. The Labute approximate surface area is 91.4 Å². The topological polar surface area (TPSA) is 59.7 Å². The predicted molar refractivity (Wildman–Crippen MR) is 56.3 cm³/mol. The van der Waals surface area contributed by atoms with Crippen LogP contribution < -0.4 is 0 Å². The molecule has 2 aromatic rings. The number of para-hydroxylation sites is 1. The first-order valence-corrected chi connectivity index (χ1v) is 5.02. The average molecular weight is 218 g/mol. The lowest BCUT2D eigenvalue weighted by Crippen LogP contribution is -2.52. The zero-order chi connectivity index (χ0) is 11.2. The van der Waals surface area contributed by atoms with Gasteiger partial charge in [0, 0.05) is 10.9 Å². The highest BCUT2D eigenvalue weighted by Gasteiger charge is 2.49. The smallest absolute Gasteiger partial charge is 0.319 e. The Morgan fingerprint density at radius 1 is 1.31 bits per heavy atom. The molecule has 0 radical (unpaired) electrons. The molecule has 4 nitrogen and oxygen atoms in total. The van der Waals surface area contributed by atoms with Crippen molar-refractivity contribution in [3.63, 3.8) is 0 Å². The highest BCUT2D eigenvalue weighted by molar-refractivity contribution is 5.91. The third-order valence-corrected chi connectivity index (χ3v) is 3.10. The summed E-state index contributed by atoms with van der Waals surface area (Å²) in [6.45, 7) is 0.428. The van der Waals surface area contributed by atoms with E-state index in [-0.39, 0.29) is 13.2 Å². The maximum Gasteiger partial charge on any atom is 0.319 e. The zero-order valence-electron chi connectivity index (χ0n) is 8.47. The molecule has 82 valence electrons. The summed E-state index contributed by atoms with van der Waals surface area (Å²) in [4.78, 5) is 11.3. The summed E-state index contributed by atoms with van der Waals surface area (Å²) in [5.41, 5.74) is 0.499. The fourth-order valence-corrected chi connectivity index (χ4v) is 2.05.